The van der Waals surface area contributed by atoms with Crippen LogP contribution in [-0.4, -0.2) is 69.6 Å². The lowest BCUT2D eigenvalue weighted by molar-refractivity contribution is -0.139. The number of aliphatic hydroxyl groups is 1. The predicted molar refractivity (Wildman–Crippen MR) is 139 cm³/mol. The summed E-state index contributed by atoms with van der Waals surface area (Å²) in [6.45, 7) is 4.48. The molecule has 2 bridgehead atoms. The van der Waals surface area contributed by atoms with Gasteiger partial charge in [-0.2, -0.15) is 0 Å². The van der Waals surface area contributed by atoms with Crippen molar-refractivity contribution < 1.29 is 24.2 Å². The normalized spacial score (nSPS) is 33.5. The maximum absolute atomic E-state index is 13.8. The molecule has 3 N–H and O–H groups in total. The van der Waals surface area contributed by atoms with Crippen molar-refractivity contribution in [1.29, 1.82) is 0 Å². The Morgan fingerprint density at radius 3 is 2.56 bits per heavy atom. The molecule has 6 atom stereocenters. The number of hydrogen-bond donors (Lipinski definition) is 3. The molecule has 36 heavy (non-hydrogen) atoms. The van der Waals surface area contributed by atoms with Gasteiger partial charge in [0.1, 0.15) is 11.8 Å². The van der Waals surface area contributed by atoms with Gasteiger partial charge in [-0.1, -0.05) is 26.2 Å². The molecule has 0 aromatic heterocycles. The smallest absolute Gasteiger partial charge is 0.244 e. The molecule has 3 heterocycles. The standard InChI is InChI=1S/C27H37N3O5S/c1-3-35-19-11-9-18(10-12-19)28-24(32)21-20-15-16(2)27(36-20)22(21)26(34)30(13-14-31)23(27)25(33)29-17-7-5-4-6-8-17/h9-12,16-17,20-23,31H,3-8,13-15H2,1-2H3,(H,28,32)(H,29,33)/t16?,20-,21+,22+,23?,27?/m1/s1. The molecular formula is C27H37N3O5S. The number of rotatable bonds is 8. The second-order valence-electron chi connectivity index (χ2n) is 10.6. The average Bonchev–Trinajstić information content (AvgIpc) is 3.45. The van der Waals surface area contributed by atoms with Gasteiger partial charge in [0.2, 0.25) is 17.7 Å². The molecule has 1 aliphatic carbocycles. The second-order valence-corrected chi connectivity index (χ2v) is 12.1. The molecule has 1 aromatic carbocycles. The van der Waals surface area contributed by atoms with Crippen LogP contribution in [0.25, 0.3) is 0 Å². The van der Waals surface area contributed by atoms with Crippen LogP contribution in [0, 0.1) is 17.8 Å². The van der Waals surface area contributed by atoms with Crippen LogP contribution in [-0.2, 0) is 14.4 Å². The van der Waals surface area contributed by atoms with Crippen LogP contribution < -0.4 is 15.4 Å². The van der Waals surface area contributed by atoms with E-state index in [2.05, 4.69) is 17.6 Å². The quantitative estimate of drug-likeness (QED) is 0.492. The molecule has 3 saturated heterocycles. The van der Waals surface area contributed by atoms with Gasteiger partial charge in [-0.3, -0.25) is 14.4 Å². The summed E-state index contributed by atoms with van der Waals surface area (Å²) < 4.78 is 4.83. The summed E-state index contributed by atoms with van der Waals surface area (Å²) >= 11 is 1.66. The summed E-state index contributed by atoms with van der Waals surface area (Å²) in [7, 11) is 0. The maximum atomic E-state index is 13.8. The Labute approximate surface area is 216 Å². The minimum absolute atomic E-state index is 0.0158. The van der Waals surface area contributed by atoms with Crippen LogP contribution in [0.2, 0.25) is 0 Å². The van der Waals surface area contributed by atoms with Crippen LogP contribution in [0.4, 0.5) is 5.69 Å². The number of likely N-dealkylation sites (tertiary alicyclic amines) is 1. The number of β-amino-alcohol motifs (C(OH)–C–C–N with tert-alkyl or cyclic N) is 1. The van der Waals surface area contributed by atoms with Crippen LogP contribution in [0.5, 0.6) is 5.75 Å². The predicted octanol–water partition coefficient (Wildman–Crippen LogP) is 2.80. The number of thioether (sulfide) groups is 1. The van der Waals surface area contributed by atoms with E-state index in [9.17, 15) is 19.5 Å². The van der Waals surface area contributed by atoms with E-state index >= 15 is 0 Å². The van der Waals surface area contributed by atoms with Gasteiger partial charge in [0, 0.05) is 23.5 Å². The molecule has 3 aliphatic heterocycles. The molecule has 3 amide bonds. The molecule has 4 fully saturated rings. The van der Waals surface area contributed by atoms with E-state index in [-0.39, 0.29) is 48.1 Å². The van der Waals surface area contributed by atoms with E-state index in [1.54, 1.807) is 28.8 Å². The highest BCUT2D eigenvalue weighted by atomic mass is 32.2. The Bertz CT molecular complexity index is 998. The molecule has 4 aliphatic rings. The Morgan fingerprint density at radius 2 is 1.89 bits per heavy atom. The minimum Gasteiger partial charge on any atom is -0.494 e. The van der Waals surface area contributed by atoms with Gasteiger partial charge in [-0.15, -0.1) is 11.8 Å². The number of carbonyl (C=O) groups is 3. The summed E-state index contributed by atoms with van der Waals surface area (Å²) in [5.74, 6) is -0.731. The van der Waals surface area contributed by atoms with Crippen LogP contribution in [0.15, 0.2) is 24.3 Å². The molecule has 9 heteroatoms. The highest BCUT2D eigenvalue weighted by Crippen LogP contribution is 2.68. The number of carbonyl (C=O) groups excluding carboxylic acids is 3. The SMILES string of the molecule is CCOc1ccc(NC(=O)[C@@H]2[C@H]3C(=O)N(CCO)C(C(=O)NC4CCCCC4)C34S[C@@H]2CC4C)cc1. The lowest BCUT2D eigenvalue weighted by atomic mass is 9.65. The lowest BCUT2D eigenvalue weighted by Crippen LogP contribution is -2.58. The number of amides is 3. The van der Waals surface area contributed by atoms with Crippen molar-refractivity contribution in [2.24, 2.45) is 17.8 Å². The first kappa shape index (κ1) is 25.4. The summed E-state index contributed by atoms with van der Waals surface area (Å²) in [4.78, 5) is 42.7. The van der Waals surface area contributed by atoms with Crippen molar-refractivity contribution in [3.63, 3.8) is 0 Å². The van der Waals surface area contributed by atoms with Gasteiger partial charge in [0.05, 0.1) is 29.8 Å². The molecular weight excluding hydrogens is 478 g/mol. The summed E-state index contributed by atoms with van der Waals surface area (Å²) in [6.07, 6.45) is 6.10. The van der Waals surface area contributed by atoms with E-state index in [1.165, 1.54) is 6.42 Å². The first-order valence-corrected chi connectivity index (χ1v) is 14.2. The number of fused-ring (bicyclic) bond motifs is 1. The first-order chi connectivity index (χ1) is 17.4. The third kappa shape index (κ3) is 4.18. The summed E-state index contributed by atoms with van der Waals surface area (Å²) in [6, 6.07) is 6.69. The van der Waals surface area contributed by atoms with Gasteiger partial charge in [-0.25, -0.2) is 0 Å². The highest BCUT2D eigenvalue weighted by Gasteiger charge is 2.75. The first-order valence-electron chi connectivity index (χ1n) is 13.3. The van der Waals surface area contributed by atoms with Crippen molar-refractivity contribution in [3.8, 4) is 5.75 Å². The van der Waals surface area contributed by atoms with E-state index in [0.717, 1.165) is 37.9 Å². The Hall–Kier alpha value is -2.26. The second kappa shape index (κ2) is 10.2. The lowest BCUT2D eigenvalue weighted by Gasteiger charge is -2.39. The van der Waals surface area contributed by atoms with Crippen molar-refractivity contribution in [2.45, 2.75) is 74.5 Å². The summed E-state index contributed by atoms with van der Waals surface area (Å²) in [5, 5.41) is 16.0. The molecule has 196 valence electrons. The van der Waals surface area contributed by atoms with E-state index < -0.39 is 22.6 Å². The zero-order valence-corrected chi connectivity index (χ0v) is 21.9. The molecule has 8 nitrogen and oxygen atoms in total. The van der Waals surface area contributed by atoms with Crippen LogP contribution in [0.1, 0.15) is 52.4 Å². The Morgan fingerprint density at radius 1 is 1.17 bits per heavy atom. The van der Waals surface area contributed by atoms with Crippen molar-refractivity contribution in [3.05, 3.63) is 24.3 Å². The number of anilines is 1. The number of benzene rings is 1. The van der Waals surface area contributed by atoms with Gasteiger partial charge in [0.15, 0.2) is 0 Å². The van der Waals surface area contributed by atoms with Gasteiger partial charge < -0.3 is 25.4 Å². The number of nitrogens with zero attached hydrogens (tertiary/aromatic N) is 1. The largest absolute Gasteiger partial charge is 0.494 e. The van der Waals surface area contributed by atoms with E-state index in [4.69, 9.17) is 4.74 Å². The minimum atomic E-state index is -0.669. The fourth-order valence-corrected chi connectivity index (χ4v) is 9.44. The topological polar surface area (TPSA) is 108 Å². The van der Waals surface area contributed by atoms with Crippen molar-refractivity contribution in [2.75, 3.05) is 25.1 Å². The zero-order chi connectivity index (χ0) is 25.4. The molecule has 3 unspecified atom stereocenters. The van der Waals surface area contributed by atoms with Gasteiger partial charge >= 0.3 is 0 Å². The van der Waals surface area contributed by atoms with Gasteiger partial charge in [0.25, 0.3) is 0 Å². The van der Waals surface area contributed by atoms with Crippen LogP contribution in [0.3, 0.4) is 0 Å². The number of ether oxygens (including phenoxy) is 1. The highest BCUT2D eigenvalue weighted by molar-refractivity contribution is 8.02. The van der Waals surface area contributed by atoms with Crippen molar-refractivity contribution in [1.82, 2.24) is 10.2 Å². The van der Waals surface area contributed by atoms with Crippen LogP contribution >= 0.6 is 11.8 Å². The Kier molecular flexibility index (Phi) is 7.23. The number of hydrogen-bond acceptors (Lipinski definition) is 6. The third-order valence-electron chi connectivity index (χ3n) is 8.52. The maximum Gasteiger partial charge on any atom is 0.244 e. The molecule has 1 spiro atoms. The number of nitrogens with one attached hydrogen (secondary N) is 2. The molecule has 1 saturated carbocycles. The summed E-state index contributed by atoms with van der Waals surface area (Å²) in [5.41, 5.74) is 0.655. The zero-order valence-electron chi connectivity index (χ0n) is 21.1. The fourth-order valence-electron chi connectivity index (χ4n) is 7.02. The molecule has 1 aromatic rings. The van der Waals surface area contributed by atoms with Gasteiger partial charge in [-0.05, 0) is 56.4 Å². The fraction of sp³-hybridized carbons (Fsp3) is 0.667. The number of aliphatic hydroxyl groups excluding tert-OH is 1. The molecule has 5 rings (SSSR count). The monoisotopic (exact) mass is 515 g/mol. The third-order valence-corrected chi connectivity index (χ3v) is 10.6. The van der Waals surface area contributed by atoms with E-state index in [1.807, 2.05) is 19.1 Å². The van der Waals surface area contributed by atoms with Crippen molar-refractivity contribution >= 4 is 35.2 Å². The average molecular weight is 516 g/mol. The Balaban J connectivity index is 1.40. The van der Waals surface area contributed by atoms with E-state index in [0.29, 0.717) is 12.3 Å². The molecule has 0 radical (unpaired) electrons.